The number of aromatic nitrogens is 2. The summed E-state index contributed by atoms with van der Waals surface area (Å²) in [7, 11) is -1.57. The highest BCUT2D eigenvalue weighted by Gasteiger charge is 2.09. The maximum absolute atomic E-state index is 11.0. The number of aromatic hydroxyl groups is 1. The van der Waals surface area contributed by atoms with Crippen molar-refractivity contribution in [1.29, 1.82) is 0 Å². The topological polar surface area (TPSA) is 84.2 Å². The summed E-state index contributed by atoms with van der Waals surface area (Å²) >= 11 is 0. The molecule has 1 heterocycles. The van der Waals surface area contributed by atoms with Crippen molar-refractivity contribution in [2.75, 3.05) is 11.0 Å². The first-order chi connectivity index (χ1) is 8.35. The van der Waals surface area contributed by atoms with Crippen LogP contribution in [0.3, 0.4) is 0 Å². The second-order valence-electron chi connectivity index (χ2n) is 3.99. The van der Waals surface area contributed by atoms with Crippen molar-refractivity contribution < 1.29 is 13.5 Å². The molecule has 0 aliphatic heterocycles. The van der Waals surface area contributed by atoms with Crippen molar-refractivity contribution in [1.82, 2.24) is 9.78 Å². The van der Waals surface area contributed by atoms with Gasteiger partial charge in [0.2, 0.25) is 10.0 Å². The maximum Gasteiger partial charge on any atom is 0.229 e. The van der Waals surface area contributed by atoms with Gasteiger partial charge >= 0.3 is 0 Å². The van der Waals surface area contributed by atoms with Crippen LogP contribution in [0.25, 0.3) is 11.3 Å². The van der Waals surface area contributed by atoms with Crippen LogP contribution in [0.4, 0.5) is 5.69 Å². The predicted octanol–water partition coefficient (Wildman–Crippen LogP) is 1.16. The molecular weight excluding hydrogens is 254 g/mol. The Labute approximate surface area is 105 Å². The Hall–Kier alpha value is -2.02. The summed E-state index contributed by atoms with van der Waals surface area (Å²) in [6, 6.07) is 6.61. The molecular formula is C11H13N3O3S. The Morgan fingerprint density at radius 1 is 1.28 bits per heavy atom. The van der Waals surface area contributed by atoms with Crippen molar-refractivity contribution in [3.63, 3.8) is 0 Å². The Bertz CT molecular complexity index is 659. The lowest BCUT2D eigenvalue weighted by molar-refractivity contribution is 0.476. The minimum Gasteiger partial charge on any atom is -0.504 e. The van der Waals surface area contributed by atoms with E-state index in [1.165, 1.54) is 10.9 Å². The van der Waals surface area contributed by atoms with Crippen LogP contribution in [0.2, 0.25) is 0 Å². The van der Waals surface area contributed by atoms with Crippen molar-refractivity contribution in [3.8, 4) is 17.0 Å². The largest absolute Gasteiger partial charge is 0.504 e. The van der Waals surface area contributed by atoms with Crippen LogP contribution < -0.4 is 4.72 Å². The highest BCUT2D eigenvalue weighted by molar-refractivity contribution is 7.92. The highest BCUT2D eigenvalue weighted by Crippen LogP contribution is 2.27. The molecule has 96 valence electrons. The van der Waals surface area contributed by atoms with E-state index in [0.717, 1.165) is 6.26 Å². The summed E-state index contributed by atoms with van der Waals surface area (Å²) in [5, 5.41) is 13.8. The molecule has 0 aliphatic carbocycles. The van der Waals surface area contributed by atoms with E-state index in [2.05, 4.69) is 9.82 Å². The lowest BCUT2D eigenvalue weighted by atomic mass is 10.1. The molecule has 2 aromatic rings. The zero-order valence-electron chi connectivity index (χ0n) is 9.95. The fourth-order valence-corrected chi connectivity index (χ4v) is 2.16. The fourth-order valence-electron chi connectivity index (χ4n) is 1.59. The van der Waals surface area contributed by atoms with Gasteiger partial charge in [0.15, 0.2) is 5.75 Å². The number of sulfonamides is 1. The average molecular weight is 267 g/mol. The summed E-state index contributed by atoms with van der Waals surface area (Å²) in [4.78, 5) is 0. The van der Waals surface area contributed by atoms with Crippen LogP contribution in [-0.2, 0) is 17.1 Å². The summed E-state index contributed by atoms with van der Waals surface area (Å²) in [6.07, 6.45) is 2.59. The molecule has 1 aromatic heterocycles. The van der Waals surface area contributed by atoms with Crippen LogP contribution in [0.15, 0.2) is 30.5 Å². The number of nitrogens with zero attached hydrogens (tertiary/aromatic N) is 2. The molecule has 0 spiro atoms. The minimum absolute atomic E-state index is 0.0846. The van der Waals surface area contributed by atoms with Crippen molar-refractivity contribution in [2.24, 2.45) is 7.05 Å². The van der Waals surface area contributed by atoms with Gasteiger partial charge in [0, 0.05) is 18.3 Å². The normalized spacial score (nSPS) is 11.4. The standard InChI is InChI=1S/C11H13N3O3S/c1-14-7-10(15)11(12-14)8-3-5-9(6-4-8)13-18(2,16)17/h3-7,13,15H,1-2H3. The van der Waals surface area contributed by atoms with E-state index < -0.39 is 10.0 Å². The number of aryl methyl sites for hydroxylation is 1. The molecule has 2 N–H and O–H groups in total. The maximum atomic E-state index is 11.0. The van der Waals surface area contributed by atoms with E-state index in [9.17, 15) is 13.5 Å². The minimum atomic E-state index is -3.28. The summed E-state index contributed by atoms with van der Waals surface area (Å²) < 4.78 is 26.0. The number of rotatable bonds is 3. The third kappa shape index (κ3) is 2.80. The Kier molecular flexibility index (Phi) is 3.00. The predicted molar refractivity (Wildman–Crippen MR) is 68.8 cm³/mol. The number of hydrogen-bond donors (Lipinski definition) is 2. The average Bonchev–Trinajstić information content (AvgIpc) is 2.57. The molecule has 0 aliphatic rings. The first-order valence-corrected chi connectivity index (χ1v) is 7.05. The molecule has 7 heteroatoms. The molecule has 1 aromatic carbocycles. The third-order valence-corrected chi connectivity index (χ3v) is 2.88. The van der Waals surface area contributed by atoms with Gasteiger partial charge in [-0.3, -0.25) is 9.40 Å². The van der Waals surface area contributed by atoms with E-state index in [1.807, 2.05) is 0 Å². The van der Waals surface area contributed by atoms with Crippen LogP contribution in [0.5, 0.6) is 5.75 Å². The highest BCUT2D eigenvalue weighted by atomic mass is 32.2. The van der Waals surface area contributed by atoms with Crippen molar-refractivity contribution in [2.45, 2.75) is 0 Å². The first kappa shape index (κ1) is 12.4. The van der Waals surface area contributed by atoms with Crippen LogP contribution in [0, 0.1) is 0 Å². The molecule has 0 unspecified atom stereocenters. The summed E-state index contributed by atoms with van der Waals surface area (Å²) in [5.74, 6) is 0.0846. The second-order valence-corrected chi connectivity index (χ2v) is 5.74. The van der Waals surface area contributed by atoms with Gasteiger partial charge in [-0.05, 0) is 12.1 Å². The first-order valence-electron chi connectivity index (χ1n) is 5.16. The number of hydrogen-bond acceptors (Lipinski definition) is 4. The third-order valence-electron chi connectivity index (χ3n) is 2.27. The zero-order chi connectivity index (χ0) is 13.3. The van der Waals surface area contributed by atoms with Gasteiger partial charge < -0.3 is 5.11 Å². The number of benzene rings is 1. The quantitative estimate of drug-likeness (QED) is 0.874. The Balaban J connectivity index is 2.30. The summed E-state index contributed by atoms with van der Waals surface area (Å²) in [5.41, 5.74) is 1.65. The van der Waals surface area contributed by atoms with E-state index in [-0.39, 0.29) is 5.75 Å². The lowest BCUT2D eigenvalue weighted by Crippen LogP contribution is -2.09. The SMILES string of the molecule is Cn1cc(O)c(-c2ccc(NS(C)(=O)=O)cc2)n1. The Morgan fingerprint density at radius 3 is 2.33 bits per heavy atom. The molecule has 0 saturated heterocycles. The molecule has 0 bridgehead atoms. The van der Waals surface area contributed by atoms with Crippen molar-refractivity contribution in [3.05, 3.63) is 30.5 Å². The van der Waals surface area contributed by atoms with Gasteiger partial charge in [0.05, 0.1) is 12.5 Å². The number of nitrogens with one attached hydrogen (secondary N) is 1. The molecule has 0 amide bonds. The van der Waals surface area contributed by atoms with Gasteiger partial charge in [-0.1, -0.05) is 12.1 Å². The van der Waals surface area contributed by atoms with Gasteiger partial charge in [-0.15, -0.1) is 0 Å². The van der Waals surface area contributed by atoms with Gasteiger partial charge in [-0.2, -0.15) is 5.10 Å². The van der Waals surface area contributed by atoms with Crippen LogP contribution in [0.1, 0.15) is 0 Å². The molecule has 0 fully saturated rings. The molecule has 0 saturated carbocycles. The van der Waals surface area contributed by atoms with Crippen LogP contribution >= 0.6 is 0 Å². The molecule has 6 nitrogen and oxygen atoms in total. The van der Waals surface area contributed by atoms with E-state index in [0.29, 0.717) is 16.9 Å². The molecule has 18 heavy (non-hydrogen) atoms. The summed E-state index contributed by atoms with van der Waals surface area (Å²) in [6.45, 7) is 0. The Morgan fingerprint density at radius 2 is 1.89 bits per heavy atom. The van der Waals surface area contributed by atoms with E-state index in [4.69, 9.17) is 0 Å². The monoisotopic (exact) mass is 267 g/mol. The van der Waals surface area contributed by atoms with E-state index in [1.54, 1.807) is 31.3 Å². The van der Waals surface area contributed by atoms with Gasteiger partial charge in [0.25, 0.3) is 0 Å². The molecule has 0 radical (unpaired) electrons. The van der Waals surface area contributed by atoms with Gasteiger partial charge in [0.1, 0.15) is 5.69 Å². The number of anilines is 1. The fraction of sp³-hybridized carbons (Fsp3) is 0.182. The lowest BCUT2D eigenvalue weighted by Gasteiger charge is -2.04. The van der Waals surface area contributed by atoms with Gasteiger partial charge in [-0.25, -0.2) is 8.42 Å². The van der Waals surface area contributed by atoms with Crippen LogP contribution in [-0.4, -0.2) is 29.6 Å². The smallest absolute Gasteiger partial charge is 0.229 e. The molecule has 2 rings (SSSR count). The zero-order valence-corrected chi connectivity index (χ0v) is 10.8. The van der Waals surface area contributed by atoms with Crippen molar-refractivity contribution >= 4 is 15.7 Å². The molecule has 0 atom stereocenters. The second kappa shape index (κ2) is 4.34. The van der Waals surface area contributed by atoms with E-state index >= 15 is 0 Å².